The molecule has 3 aliphatic heterocycles. The van der Waals surface area contributed by atoms with E-state index in [2.05, 4.69) is 4.90 Å². The van der Waals surface area contributed by atoms with Crippen LogP contribution in [0.25, 0.3) is 0 Å². The Kier molecular flexibility index (Phi) is 7.68. The largest absolute Gasteiger partial charge is 0.497 e. The van der Waals surface area contributed by atoms with Crippen molar-refractivity contribution in [3.05, 3.63) is 24.3 Å². The van der Waals surface area contributed by atoms with Crippen LogP contribution in [-0.2, 0) is 14.3 Å². The molecule has 0 spiro atoms. The molecular formula is C25H37N3O4. The van der Waals surface area contributed by atoms with E-state index in [1.807, 2.05) is 29.2 Å². The fourth-order valence-corrected chi connectivity index (χ4v) is 5.71. The Balaban J connectivity index is 1.43. The van der Waals surface area contributed by atoms with E-state index in [4.69, 9.17) is 9.47 Å². The SMILES string of the molecule is COCCN(C[C@@H]1CCCN2CCCC[C@H]12)C(=O)[C@@H]1CC(=O)N(c2ccc(OC)cc2)C1. The highest BCUT2D eigenvalue weighted by Crippen LogP contribution is 2.33. The zero-order chi connectivity index (χ0) is 22.5. The Bertz CT molecular complexity index is 782. The summed E-state index contributed by atoms with van der Waals surface area (Å²) in [5.74, 6) is 1.07. The van der Waals surface area contributed by atoms with Crippen LogP contribution in [0.2, 0.25) is 0 Å². The van der Waals surface area contributed by atoms with Crippen molar-refractivity contribution in [1.29, 1.82) is 0 Å². The van der Waals surface area contributed by atoms with Crippen LogP contribution in [-0.4, -0.2) is 81.2 Å². The van der Waals surface area contributed by atoms with Crippen molar-refractivity contribution in [2.24, 2.45) is 11.8 Å². The Labute approximate surface area is 191 Å². The van der Waals surface area contributed by atoms with E-state index in [1.54, 1.807) is 19.1 Å². The highest BCUT2D eigenvalue weighted by atomic mass is 16.5. The van der Waals surface area contributed by atoms with E-state index in [0.717, 1.165) is 18.0 Å². The summed E-state index contributed by atoms with van der Waals surface area (Å²) < 4.78 is 10.5. The van der Waals surface area contributed by atoms with Crippen molar-refractivity contribution in [2.45, 2.75) is 44.6 Å². The monoisotopic (exact) mass is 443 g/mol. The molecule has 2 amide bonds. The van der Waals surface area contributed by atoms with E-state index in [0.29, 0.717) is 31.7 Å². The van der Waals surface area contributed by atoms with Crippen LogP contribution < -0.4 is 9.64 Å². The van der Waals surface area contributed by atoms with Crippen LogP contribution in [0.1, 0.15) is 38.5 Å². The smallest absolute Gasteiger partial charge is 0.228 e. The second-order valence-electron chi connectivity index (χ2n) is 9.38. The van der Waals surface area contributed by atoms with Crippen LogP contribution in [0.15, 0.2) is 24.3 Å². The number of amides is 2. The maximum absolute atomic E-state index is 13.6. The van der Waals surface area contributed by atoms with Gasteiger partial charge in [-0.25, -0.2) is 0 Å². The molecule has 0 N–H and O–H groups in total. The first-order valence-electron chi connectivity index (χ1n) is 12.1. The minimum Gasteiger partial charge on any atom is -0.497 e. The first-order chi connectivity index (χ1) is 15.6. The topological polar surface area (TPSA) is 62.3 Å². The van der Waals surface area contributed by atoms with Gasteiger partial charge in [-0.15, -0.1) is 0 Å². The molecule has 0 bridgehead atoms. The number of benzene rings is 1. The quantitative estimate of drug-likeness (QED) is 0.618. The van der Waals surface area contributed by atoms with Gasteiger partial charge in [-0.05, 0) is 69.0 Å². The van der Waals surface area contributed by atoms with E-state index in [1.165, 1.54) is 45.2 Å². The lowest BCUT2D eigenvalue weighted by Gasteiger charge is -2.46. The minimum atomic E-state index is -0.299. The van der Waals surface area contributed by atoms with E-state index < -0.39 is 0 Å². The van der Waals surface area contributed by atoms with E-state index >= 15 is 0 Å². The predicted molar refractivity (Wildman–Crippen MR) is 124 cm³/mol. The van der Waals surface area contributed by atoms with Crippen LogP contribution in [0.4, 0.5) is 5.69 Å². The molecule has 3 aliphatic rings. The number of piperidine rings is 2. The molecule has 3 atom stereocenters. The maximum atomic E-state index is 13.6. The van der Waals surface area contributed by atoms with Gasteiger partial charge in [-0.3, -0.25) is 9.59 Å². The number of hydrogen-bond acceptors (Lipinski definition) is 5. The van der Waals surface area contributed by atoms with Gasteiger partial charge in [-0.2, -0.15) is 0 Å². The van der Waals surface area contributed by atoms with Crippen molar-refractivity contribution < 1.29 is 19.1 Å². The molecule has 1 aromatic rings. The van der Waals surface area contributed by atoms with Gasteiger partial charge in [-0.1, -0.05) is 6.42 Å². The average Bonchev–Trinajstić information content (AvgIpc) is 3.23. The number of methoxy groups -OCH3 is 2. The zero-order valence-corrected chi connectivity index (χ0v) is 19.5. The summed E-state index contributed by atoms with van der Waals surface area (Å²) >= 11 is 0. The van der Waals surface area contributed by atoms with Crippen LogP contribution >= 0.6 is 0 Å². The molecule has 7 heteroatoms. The lowest BCUT2D eigenvalue weighted by molar-refractivity contribution is -0.137. The first kappa shape index (κ1) is 23.1. The van der Waals surface area contributed by atoms with Crippen molar-refractivity contribution in [2.75, 3.05) is 58.5 Å². The summed E-state index contributed by atoms with van der Waals surface area (Å²) in [6.07, 6.45) is 6.48. The molecule has 0 unspecified atom stereocenters. The predicted octanol–water partition coefficient (Wildman–Crippen LogP) is 2.79. The zero-order valence-electron chi connectivity index (χ0n) is 19.5. The number of hydrogen-bond donors (Lipinski definition) is 0. The van der Waals surface area contributed by atoms with Gasteiger partial charge in [0.1, 0.15) is 5.75 Å². The Morgan fingerprint density at radius 1 is 1.09 bits per heavy atom. The second-order valence-corrected chi connectivity index (χ2v) is 9.38. The van der Waals surface area contributed by atoms with E-state index in [-0.39, 0.29) is 24.2 Å². The van der Waals surface area contributed by atoms with Crippen molar-refractivity contribution in [3.63, 3.8) is 0 Å². The molecule has 0 aromatic heterocycles. The minimum absolute atomic E-state index is 0.0105. The average molecular weight is 444 g/mol. The number of rotatable bonds is 8. The normalized spacial score (nSPS) is 26.1. The fraction of sp³-hybridized carbons (Fsp3) is 0.680. The Morgan fingerprint density at radius 2 is 1.88 bits per heavy atom. The molecule has 7 nitrogen and oxygen atoms in total. The van der Waals surface area contributed by atoms with Crippen molar-refractivity contribution in [3.8, 4) is 5.75 Å². The van der Waals surface area contributed by atoms with Gasteiger partial charge in [0, 0.05) is 44.9 Å². The number of anilines is 1. The molecule has 0 radical (unpaired) electrons. The van der Waals surface area contributed by atoms with Gasteiger partial charge < -0.3 is 24.2 Å². The van der Waals surface area contributed by atoms with Crippen molar-refractivity contribution >= 4 is 17.5 Å². The van der Waals surface area contributed by atoms with Crippen molar-refractivity contribution in [1.82, 2.24) is 9.80 Å². The Hall–Kier alpha value is -2.12. The molecule has 0 saturated carbocycles. The lowest BCUT2D eigenvalue weighted by atomic mass is 9.83. The Morgan fingerprint density at radius 3 is 2.62 bits per heavy atom. The van der Waals surface area contributed by atoms with E-state index in [9.17, 15) is 9.59 Å². The summed E-state index contributed by atoms with van der Waals surface area (Å²) in [7, 11) is 3.30. The van der Waals surface area contributed by atoms with Gasteiger partial charge in [0.05, 0.1) is 19.6 Å². The third kappa shape index (κ3) is 5.09. The maximum Gasteiger partial charge on any atom is 0.228 e. The third-order valence-electron chi connectivity index (χ3n) is 7.42. The second kappa shape index (κ2) is 10.7. The van der Waals surface area contributed by atoms with Gasteiger partial charge in [0.2, 0.25) is 11.8 Å². The van der Waals surface area contributed by atoms with Crippen LogP contribution in [0, 0.1) is 11.8 Å². The summed E-state index contributed by atoms with van der Waals surface area (Å²) in [5.41, 5.74) is 0.819. The summed E-state index contributed by atoms with van der Waals surface area (Å²) in [5, 5.41) is 0. The third-order valence-corrected chi connectivity index (χ3v) is 7.42. The van der Waals surface area contributed by atoms with Crippen LogP contribution in [0.5, 0.6) is 5.75 Å². The van der Waals surface area contributed by atoms with Gasteiger partial charge in [0.15, 0.2) is 0 Å². The highest BCUT2D eigenvalue weighted by Gasteiger charge is 2.39. The summed E-state index contributed by atoms with van der Waals surface area (Å²) in [4.78, 5) is 32.7. The molecule has 1 aromatic carbocycles. The number of ether oxygens (including phenoxy) is 2. The van der Waals surface area contributed by atoms with Gasteiger partial charge in [0.25, 0.3) is 0 Å². The first-order valence-corrected chi connectivity index (χ1v) is 12.1. The highest BCUT2D eigenvalue weighted by molar-refractivity contribution is 6.00. The molecule has 32 heavy (non-hydrogen) atoms. The molecule has 4 rings (SSSR count). The number of fused-ring (bicyclic) bond motifs is 1. The van der Waals surface area contributed by atoms with Crippen LogP contribution in [0.3, 0.4) is 0 Å². The molecule has 3 fully saturated rings. The molecule has 176 valence electrons. The summed E-state index contributed by atoms with van der Waals surface area (Å²) in [6.45, 7) is 4.72. The molecule has 3 heterocycles. The standard InChI is InChI=1S/C25H37N3O4/c1-31-15-14-27(17-19-6-5-13-26-12-4-3-7-23(19)26)25(30)20-16-24(29)28(18-20)21-8-10-22(32-2)11-9-21/h8-11,19-20,23H,3-7,12-18H2,1-2H3/t19-,20+,23+/m0/s1. The number of carbonyl (C=O) groups is 2. The molecular weight excluding hydrogens is 406 g/mol. The molecule has 0 aliphatic carbocycles. The number of nitrogens with zero attached hydrogens (tertiary/aromatic N) is 3. The fourth-order valence-electron chi connectivity index (χ4n) is 5.71. The summed E-state index contributed by atoms with van der Waals surface area (Å²) in [6, 6.07) is 8.05. The molecule has 3 saturated heterocycles. The van der Waals surface area contributed by atoms with Gasteiger partial charge >= 0.3 is 0 Å². The lowest BCUT2D eigenvalue weighted by Crippen LogP contribution is -2.52. The number of carbonyl (C=O) groups excluding carboxylic acids is 2.